The van der Waals surface area contributed by atoms with Gasteiger partial charge in [0.05, 0.1) is 0 Å². The molecule has 6 heteroatoms. The van der Waals surface area contributed by atoms with Gasteiger partial charge in [0.1, 0.15) is 0 Å². The zero-order valence-corrected chi connectivity index (χ0v) is 16.8. The first kappa shape index (κ1) is 19.8. The Balaban J connectivity index is 1.80. The van der Waals surface area contributed by atoms with Crippen molar-refractivity contribution in [1.29, 1.82) is 0 Å². The third-order valence-electron chi connectivity index (χ3n) is 4.29. The van der Waals surface area contributed by atoms with Crippen LogP contribution in [-0.4, -0.2) is 17.0 Å². The van der Waals surface area contributed by atoms with Crippen LogP contribution in [0, 0.1) is 0 Å². The Labute approximate surface area is 167 Å². The molecular formula is C22H22N2O3S. The smallest absolute Gasteiger partial charge is 0.267 e. The van der Waals surface area contributed by atoms with Gasteiger partial charge < -0.3 is 5.32 Å². The van der Waals surface area contributed by atoms with Crippen molar-refractivity contribution in [2.24, 2.45) is 0 Å². The van der Waals surface area contributed by atoms with Crippen LogP contribution in [0.25, 0.3) is 16.2 Å². The Morgan fingerprint density at radius 1 is 1.07 bits per heavy atom. The van der Waals surface area contributed by atoms with Gasteiger partial charge in [-0.15, -0.1) is 11.3 Å². The van der Waals surface area contributed by atoms with Gasteiger partial charge in [0.25, 0.3) is 11.8 Å². The van der Waals surface area contributed by atoms with E-state index < -0.39 is 5.91 Å². The molecule has 1 heterocycles. The molecule has 0 aliphatic rings. The fourth-order valence-corrected chi connectivity index (χ4v) is 3.70. The largest absolute Gasteiger partial charge is 0.322 e. The Morgan fingerprint density at radius 2 is 1.86 bits per heavy atom. The lowest BCUT2D eigenvalue weighted by Gasteiger charge is -2.19. The summed E-state index contributed by atoms with van der Waals surface area (Å²) in [5, 5.41) is 12.5. The fourth-order valence-electron chi connectivity index (χ4n) is 2.75. The van der Waals surface area contributed by atoms with Crippen molar-refractivity contribution in [2.45, 2.75) is 26.2 Å². The van der Waals surface area contributed by atoms with Gasteiger partial charge in [-0.2, -0.15) is 0 Å². The normalized spacial score (nSPS) is 11.7. The van der Waals surface area contributed by atoms with Gasteiger partial charge in [-0.3, -0.25) is 14.8 Å². The van der Waals surface area contributed by atoms with Gasteiger partial charge in [-0.05, 0) is 58.8 Å². The van der Waals surface area contributed by atoms with Gasteiger partial charge in [0.15, 0.2) is 0 Å². The minimum absolute atomic E-state index is 0.0251. The van der Waals surface area contributed by atoms with Crippen LogP contribution >= 0.6 is 11.3 Å². The molecule has 0 radical (unpaired) electrons. The molecule has 2 aromatic carbocycles. The number of amides is 2. The first-order valence-corrected chi connectivity index (χ1v) is 9.65. The van der Waals surface area contributed by atoms with E-state index in [1.54, 1.807) is 11.6 Å². The average Bonchev–Trinajstić information content (AvgIpc) is 3.07. The number of thiophene rings is 1. The molecule has 0 aliphatic carbocycles. The number of hydrogen-bond acceptors (Lipinski definition) is 4. The SMILES string of the molecule is CC(C)(C)c1cccc(C(=O)Nc2ccc3sc(C=CC(=O)NO)cc3c2)c1. The second-order valence-electron chi connectivity index (χ2n) is 7.50. The molecule has 0 atom stereocenters. The molecule has 144 valence electrons. The van der Waals surface area contributed by atoms with Crippen molar-refractivity contribution in [2.75, 3.05) is 5.32 Å². The summed E-state index contributed by atoms with van der Waals surface area (Å²) in [6.45, 7) is 6.35. The van der Waals surface area contributed by atoms with E-state index in [0.29, 0.717) is 11.3 Å². The van der Waals surface area contributed by atoms with Crippen molar-refractivity contribution < 1.29 is 14.8 Å². The first-order valence-electron chi connectivity index (χ1n) is 8.84. The Hall–Kier alpha value is -2.96. The zero-order valence-electron chi connectivity index (χ0n) is 15.9. The molecule has 3 rings (SSSR count). The molecule has 3 N–H and O–H groups in total. The highest BCUT2D eigenvalue weighted by atomic mass is 32.1. The monoisotopic (exact) mass is 394 g/mol. The molecule has 0 fully saturated rings. The molecule has 5 nitrogen and oxygen atoms in total. The number of carbonyl (C=O) groups is 2. The molecule has 0 aliphatic heterocycles. The van der Waals surface area contributed by atoms with Gasteiger partial charge in [0, 0.05) is 26.9 Å². The second-order valence-corrected chi connectivity index (χ2v) is 8.61. The van der Waals surface area contributed by atoms with Gasteiger partial charge >= 0.3 is 0 Å². The summed E-state index contributed by atoms with van der Waals surface area (Å²) < 4.78 is 1.04. The summed E-state index contributed by atoms with van der Waals surface area (Å²) >= 11 is 1.52. The van der Waals surface area contributed by atoms with Crippen molar-refractivity contribution >= 4 is 45.0 Å². The van der Waals surface area contributed by atoms with E-state index in [4.69, 9.17) is 5.21 Å². The minimum atomic E-state index is -0.581. The molecule has 1 aromatic heterocycles. The lowest BCUT2D eigenvalue weighted by molar-refractivity contribution is -0.124. The van der Waals surface area contributed by atoms with Crippen LogP contribution < -0.4 is 10.8 Å². The van der Waals surface area contributed by atoms with Crippen LogP contribution in [0.3, 0.4) is 0 Å². The Kier molecular flexibility index (Phi) is 5.63. The summed E-state index contributed by atoms with van der Waals surface area (Å²) in [5.74, 6) is -0.733. The maximum absolute atomic E-state index is 12.7. The minimum Gasteiger partial charge on any atom is -0.322 e. The lowest BCUT2D eigenvalue weighted by Crippen LogP contribution is -2.15. The number of rotatable bonds is 4. The highest BCUT2D eigenvalue weighted by Crippen LogP contribution is 2.29. The highest BCUT2D eigenvalue weighted by Gasteiger charge is 2.16. The standard InChI is InChI=1S/C22H22N2O3S/c1-22(2,3)16-6-4-5-14(11-16)21(26)23-17-7-9-19-15(12-17)13-18(28-19)8-10-20(25)24-27/h4-13,27H,1-3H3,(H,23,26)(H,24,25). The summed E-state index contributed by atoms with van der Waals surface area (Å²) in [6.07, 6.45) is 2.89. The quantitative estimate of drug-likeness (QED) is 0.332. The number of carbonyl (C=O) groups excluding carboxylic acids is 2. The van der Waals surface area contributed by atoms with Crippen LogP contribution in [0.2, 0.25) is 0 Å². The summed E-state index contributed by atoms with van der Waals surface area (Å²) in [7, 11) is 0. The van der Waals surface area contributed by atoms with E-state index in [2.05, 4.69) is 26.1 Å². The highest BCUT2D eigenvalue weighted by molar-refractivity contribution is 7.19. The van der Waals surface area contributed by atoms with E-state index in [1.807, 2.05) is 48.5 Å². The van der Waals surface area contributed by atoms with Crippen molar-refractivity contribution in [1.82, 2.24) is 5.48 Å². The predicted octanol–water partition coefficient (Wildman–Crippen LogP) is 4.97. The third kappa shape index (κ3) is 4.65. The molecule has 28 heavy (non-hydrogen) atoms. The van der Waals surface area contributed by atoms with Crippen LogP contribution in [0.5, 0.6) is 0 Å². The number of hydrogen-bond donors (Lipinski definition) is 3. The summed E-state index contributed by atoms with van der Waals surface area (Å²) in [5.41, 5.74) is 3.97. The average molecular weight is 394 g/mol. The van der Waals surface area contributed by atoms with E-state index in [-0.39, 0.29) is 11.3 Å². The molecule has 0 saturated carbocycles. The van der Waals surface area contributed by atoms with Crippen LogP contribution in [-0.2, 0) is 10.2 Å². The van der Waals surface area contributed by atoms with Crippen molar-refractivity contribution in [3.05, 3.63) is 70.6 Å². The number of anilines is 1. The van der Waals surface area contributed by atoms with Crippen LogP contribution in [0.4, 0.5) is 5.69 Å². The van der Waals surface area contributed by atoms with Gasteiger partial charge in [0.2, 0.25) is 0 Å². The number of fused-ring (bicyclic) bond motifs is 1. The predicted molar refractivity (Wildman–Crippen MR) is 114 cm³/mol. The Bertz CT molecular complexity index is 1060. The molecule has 0 saturated heterocycles. The summed E-state index contributed by atoms with van der Waals surface area (Å²) in [4.78, 5) is 24.6. The molecule has 0 unspecified atom stereocenters. The number of benzene rings is 2. The van der Waals surface area contributed by atoms with E-state index in [1.165, 1.54) is 17.4 Å². The van der Waals surface area contributed by atoms with E-state index >= 15 is 0 Å². The maximum atomic E-state index is 12.7. The molecule has 0 spiro atoms. The zero-order chi connectivity index (χ0) is 20.3. The third-order valence-corrected chi connectivity index (χ3v) is 5.37. The van der Waals surface area contributed by atoms with E-state index in [0.717, 1.165) is 20.5 Å². The van der Waals surface area contributed by atoms with Crippen LogP contribution in [0.15, 0.2) is 54.6 Å². The van der Waals surface area contributed by atoms with Crippen molar-refractivity contribution in [3.63, 3.8) is 0 Å². The molecule has 0 bridgehead atoms. The van der Waals surface area contributed by atoms with Crippen LogP contribution in [0.1, 0.15) is 41.6 Å². The molecule has 2 amide bonds. The van der Waals surface area contributed by atoms with Gasteiger partial charge in [-0.1, -0.05) is 32.9 Å². The van der Waals surface area contributed by atoms with Crippen molar-refractivity contribution in [3.8, 4) is 0 Å². The fraction of sp³-hybridized carbons (Fsp3) is 0.182. The maximum Gasteiger partial charge on any atom is 0.267 e. The second kappa shape index (κ2) is 7.96. The van der Waals surface area contributed by atoms with E-state index in [9.17, 15) is 9.59 Å². The Morgan fingerprint density at radius 3 is 2.57 bits per heavy atom. The lowest BCUT2D eigenvalue weighted by atomic mass is 9.86. The topological polar surface area (TPSA) is 78.4 Å². The first-order chi connectivity index (χ1) is 13.3. The summed E-state index contributed by atoms with van der Waals surface area (Å²) in [6, 6.07) is 15.3. The number of nitrogens with one attached hydrogen (secondary N) is 2. The number of hydroxylamine groups is 1. The van der Waals surface area contributed by atoms with Gasteiger partial charge in [-0.25, -0.2) is 5.48 Å². The molecular weight excluding hydrogens is 372 g/mol. The molecule has 3 aromatic rings.